The van der Waals surface area contributed by atoms with Gasteiger partial charge in [-0.05, 0) is 56.2 Å². The van der Waals surface area contributed by atoms with Gasteiger partial charge in [0.1, 0.15) is 0 Å². The van der Waals surface area contributed by atoms with Crippen molar-refractivity contribution in [3.8, 4) is 0 Å². The number of amides is 1. The van der Waals surface area contributed by atoms with Crippen molar-refractivity contribution in [1.82, 2.24) is 15.5 Å². The number of nitrogens with one attached hydrogen (secondary N) is 2. The zero-order valence-electron chi connectivity index (χ0n) is 19.9. The number of anilines is 1. The minimum absolute atomic E-state index is 0.0771. The summed E-state index contributed by atoms with van der Waals surface area (Å²) in [5.41, 5.74) is 2.55. The molecule has 2 fully saturated rings. The number of hydrogen-bond acceptors (Lipinski definition) is 3. The van der Waals surface area contributed by atoms with E-state index in [0.29, 0.717) is 12.6 Å². The van der Waals surface area contributed by atoms with E-state index in [1.54, 1.807) is 0 Å². The summed E-state index contributed by atoms with van der Waals surface area (Å²) in [6, 6.07) is 9.25. The molecule has 1 aromatic carbocycles. The highest BCUT2D eigenvalue weighted by Crippen LogP contribution is 2.23. The van der Waals surface area contributed by atoms with Crippen molar-refractivity contribution in [2.24, 2.45) is 16.8 Å². The van der Waals surface area contributed by atoms with Gasteiger partial charge < -0.3 is 20.4 Å². The van der Waals surface area contributed by atoms with Crippen LogP contribution in [0.3, 0.4) is 0 Å². The molecule has 6 nitrogen and oxygen atoms in total. The van der Waals surface area contributed by atoms with E-state index in [9.17, 15) is 4.79 Å². The van der Waals surface area contributed by atoms with Crippen molar-refractivity contribution in [1.29, 1.82) is 0 Å². The Bertz CT molecular complexity index is 714. The largest absolute Gasteiger partial charge is 0.372 e. The number of carbonyl (C=O) groups is 1. The monoisotopic (exact) mass is 427 g/mol. The van der Waals surface area contributed by atoms with E-state index in [1.807, 2.05) is 18.7 Å². The predicted molar refractivity (Wildman–Crippen MR) is 129 cm³/mol. The summed E-state index contributed by atoms with van der Waals surface area (Å²) in [5.74, 6) is 2.06. The third-order valence-electron chi connectivity index (χ3n) is 6.49. The van der Waals surface area contributed by atoms with Crippen molar-refractivity contribution < 1.29 is 4.79 Å². The molecule has 0 aliphatic carbocycles. The number of rotatable bonds is 6. The van der Waals surface area contributed by atoms with Gasteiger partial charge in [0.25, 0.3) is 0 Å². The number of likely N-dealkylation sites (tertiary alicyclic amines) is 1. The zero-order chi connectivity index (χ0) is 22.2. The summed E-state index contributed by atoms with van der Waals surface area (Å²) in [4.78, 5) is 21.5. The number of piperidine rings is 2. The predicted octanol–water partition coefficient (Wildman–Crippen LogP) is 3.63. The Hall–Kier alpha value is -2.24. The maximum absolute atomic E-state index is 12.2. The van der Waals surface area contributed by atoms with Crippen molar-refractivity contribution in [2.45, 2.75) is 66.0 Å². The fraction of sp³-hybridized carbons (Fsp3) is 0.680. The van der Waals surface area contributed by atoms with Crippen LogP contribution in [0.2, 0.25) is 0 Å². The summed E-state index contributed by atoms with van der Waals surface area (Å²) in [7, 11) is 0. The molecule has 0 saturated carbocycles. The van der Waals surface area contributed by atoms with Gasteiger partial charge in [-0.3, -0.25) is 4.79 Å². The number of benzene rings is 1. The quantitative estimate of drug-likeness (QED) is 0.538. The third kappa shape index (κ3) is 6.88. The molecule has 2 saturated heterocycles. The molecule has 3 rings (SSSR count). The van der Waals surface area contributed by atoms with Gasteiger partial charge in [0.2, 0.25) is 5.91 Å². The summed E-state index contributed by atoms with van der Waals surface area (Å²) in [5, 5.41) is 6.95. The van der Waals surface area contributed by atoms with Gasteiger partial charge in [-0.15, -0.1) is 0 Å². The SMILES string of the molecule is CCNC(=NCc1ccc(N2CCC(C)CC2)cc1)NC1CCN(C(=O)C(C)C)CC1. The van der Waals surface area contributed by atoms with Crippen LogP contribution in [-0.4, -0.2) is 55.5 Å². The Balaban J connectivity index is 1.51. The van der Waals surface area contributed by atoms with Crippen molar-refractivity contribution in [3.05, 3.63) is 29.8 Å². The number of carbonyl (C=O) groups excluding carboxylic acids is 1. The summed E-state index contributed by atoms with van der Waals surface area (Å²) in [6.45, 7) is 13.9. The lowest BCUT2D eigenvalue weighted by Crippen LogP contribution is -2.50. The van der Waals surface area contributed by atoms with E-state index in [0.717, 1.165) is 57.4 Å². The molecule has 0 spiro atoms. The van der Waals surface area contributed by atoms with Crippen LogP contribution in [0, 0.1) is 11.8 Å². The Morgan fingerprint density at radius 2 is 1.71 bits per heavy atom. The Labute approximate surface area is 188 Å². The molecule has 0 aromatic heterocycles. The van der Waals surface area contributed by atoms with Crippen LogP contribution >= 0.6 is 0 Å². The Kier molecular flexibility index (Phi) is 8.61. The highest BCUT2D eigenvalue weighted by atomic mass is 16.2. The second-order valence-corrected chi connectivity index (χ2v) is 9.43. The van der Waals surface area contributed by atoms with Crippen molar-refractivity contribution in [2.75, 3.05) is 37.6 Å². The zero-order valence-corrected chi connectivity index (χ0v) is 19.9. The van der Waals surface area contributed by atoms with Gasteiger partial charge in [0, 0.05) is 50.4 Å². The van der Waals surface area contributed by atoms with Crippen LogP contribution < -0.4 is 15.5 Å². The molecule has 31 heavy (non-hydrogen) atoms. The lowest BCUT2D eigenvalue weighted by molar-refractivity contribution is -0.135. The number of hydrogen-bond donors (Lipinski definition) is 2. The van der Waals surface area contributed by atoms with Crippen LogP contribution in [-0.2, 0) is 11.3 Å². The summed E-state index contributed by atoms with van der Waals surface area (Å²) < 4.78 is 0. The lowest BCUT2D eigenvalue weighted by atomic mass is 9.99. The Morgan fingerprint density at radius 3 is 2.29 bits per heavy atom. The van der Waals surface area contributed by atoms with Crippen LogP contribution in [0.25, 0.3) is 0 Å². The first-order valence-corrected chi connectivity index (χ1v) is 12.1. The summed E-state index contributed by atoms with van der Waals surface area (Å²) >= 11 is 0. The second kappa shape index (κ2) is 11.4. The molecule has 0 bridgehead atoms. The highest BCUT2D eigenvalue weighted by Gasteiger charge is 2.24. The molecule has 2 aliphatic heterocycles. The standard InChI is InChI=1S/C25H41N5O/c1-5-26-25(28-22-12-16-30(17-13-22)24(31)19(2)3)27-18-21-6-8-23(9-7-21)29-14-10-20(4)11-15-29/h6-9,19-20,22H,5,10-18H2,1-4H3,(H2,26,27,28). The number of guanidine groups is 1. The van der Waals surface area contributed by atoms with Crippen molar-refractivity contribution in [3.63, 3.8) is 0 Å². The molecule has 1 amide bonds. The van der Waals surface area contributed by atoms with Crippen LogP contribution in [0.15, 0.2) is 29.3 Å². The van der Waals surface area contributed by atoms with Gasteiger partial charge in [-0.2, -0.15) is 0 Å². The molecule has 6 heteroatoms. The molecular weight excluding hydrogens is 386 g/mol. The minimum atomic E-state index is 0.0771. The van der Waals surface area contributed by atoms with Crippen LogP contribution in [0.1, 0.15) is 58.9 Å². The van der Waals surface area contributed by atoms with E-state index in [1.165, 1.54) is 24.1 Å². The molecule has 2 N–H and O–H groups in total. The molecule has 1 aromatic rings. The van der Waals surface area contributed by atoms with E-state index in [4.69, 9.17) is 4.99 Å². The van der Waals surface area contributed by atoms with E-state index in [-0.39, 0.29) is 11.8 Å². The molecule has 0 unspecified atom stereocenters. The molecular formula is C25H41N5O. The topological polar surface area (TPSA) is 60.0 Å². The average Bonchev–Trinajstić information content (AvgIpc) is 2.78. The molecule has 0 atom stereocenters. The number of nitrogens with zero attached hydrogens (tertiary/aromatic N) is 3. The van der Waals surface area contributed by atoms with Gasteiger partial charge >= 0.3 is 0 Å². The first-order chi connectivity index (χ1) is 15.0. The van der Waals surface area contributed by atoms with Gasteiger partial charge in [0.05, 0.1) is 6.54 Å². The molecule has 172 valence electrons. The Morgan fingerprint density at radius 1 is 1.06 bits per heavy atom. The number of aliphatic imine (C=N–C) groups is 1. The fourth-order valence-electron chi connectivity index (χ4n) is 4.37. The van der Waals surface area contributed by atoms with E-state index < -0.39 is 0 Å². The molecule has 2 aliphatic rings. The normalized spacial score (nSPS) is 19.1. The highest BCUT2D eigenvalue weighted by molar-refractivity contribution is 5.80. The first-order valence-electron chi connectivity index (χ1n) is 12.1. The molecule has 2 heterocycles. The maximum Gasteiger partial charge on any atom is 0.225 e. The van der Waals surface area contributed by atoms with Crippen molar-refractivity contribution >= 4 is 17.6 Å². The average molecular weight is 428 g/mol. The fourth-order valence-corrected chi connectivity index (χ4v) is 4.37. The third-order valence-corrected chi connectivity index (χ3v) is 6.49. The second-order valence-electron chi connectivity index (χ2n) is 9.43. The van der Waals surface area contributed by atoms with E-state index >= 15 is 0 Å². The van der Waals surface area contributed by atoms with Crippen LogP contribution in [0.5, 0.6) is 0 Å². The smallest absolute Gasteiger partial charge is 0.225 e. The van der Waals surface area contributed by atoms with Gasteiger partial charge in [-0.25, -0.2) is 4.99 Å². The van der Waals surface area contributed by atoms with E-state index in [2.05, 4.69) is 53.6 Å². The first kappa shape index (κ1) is 23.4. The summed E-state index contributed by atoms with van der Waals surface area (Å²) in [6.07, 6.45) is 4.50. The molecule has 0 radical (unpaired) electrons. The lowest BCUT2D eigenvalue weighted by Gasteiger charge is -2.34. The maximum atomic E-state index is 12.2. The minimum Gasteiger partial charge on any atom is -0.372 e. The van der Waals surface area contributed by atoms with Gasteiger partial charge in [-0.1, -0.05) is 32.9 Å². The van der Waals surface area contributed by atoms with Gasteiger partial charge in [0.15, 0.2) is 5.96 Å². The van der Waals surface area contributed by atoms with Crippen LogP contribution in [0.4, 0.5) is 5.69 Å².